The van der Waals surface area contributed by atoms with E-state index < -0.39 is 0 Å². The van der Waals surface area contributed by atoms with Crippen LogP contribution in [0.3, 0.4) is 0 Å². The second-order valence-electron chi connectivity index (χ2n) is 7.13. The first-order valence-electron chi connectivity index (χ1n) is 9.16. The zero-order valence-electron chi connectivity index (χ0n) is 15.0. The van der Waals surface area contributed by atoms with Crippen LogP contribution in [0.25, 0.3) is 0 Å². The third-order valence-corrected chi connectivity index (χ3v) is 6.83. The highest BCUT2D eigenvalue weighted by Gasteiger charge is 2.39. The maximum atomic E-state index is 12.9. The van der Waals surface area contributed by atoms with Crippen LogP contribution >= 0.6 is 11.8 Å². The fraction of sp³-hybridized carbons (Fsp3) is 0.500. The Hall–Kier alpha value is -1.97. The molecule has 1 atom stereocenters. The van der Waals surface area contributed by atoms with E-state index in [0.29, 0.717) is 24.7 Å². The number of thioether (sulfide) groups is 1. The first kappa shape index (κ1) is 17.4. The van der Waals surface area contributed by atoms with Gasteiger partial charge in [0.25, 0.3) is 0 Å². The summed E-state index contributed by atoms with van der Waals surface area (Å²) in [5, 5.41) is 10.7. The van der Waals surface area contributed by atoms with Crippen LogP contribution in [0.4, 0.5) is 0 Å². The van der Waals surface area contributed by atoms with Crippen LogP contribution < -0.4 is 4.74 Å². The van der Waals surface area contributed by atoms with Crippen LogP contribution in [0.15, 0.2) is 34.9 Å². The maximum absolute atomic E-state index is 12.9. The molecule has 1 saturated heterocycles. The molecule has 0 N–H and O–H groups in total. The van der Waals surface area contributed by atoms with Gasteiger partial charge in [-0.25, -0.2) is 0 Å². The van der Waals surface area contributed by atoms with Gasteiger partial charge in [0, 0.05) is 18.4 Å². The first-order chi connectivity index (χ1) is 12.7. The molecule has 1 aliphatic carbocycles. The van der Waals surface area contributed by atoms with Crippen molar-refractivity contribution in [1.29, 1.82) is 5.26 Å². The number of carbonyl (C=O) groups is 1. The lowest BCUT2D eigenvalue weighted by Gasteiger charge is -2.43. The average molecular weight is 369 g/mol. The van der Waals surface area contributed by atoms with Crippen molar-refractivity contribution in [3.8, 4) is 11.8 Å². The predicted octanol–water partition coefficient (Wildman–Crippen LogP) is 3.65. The molecule has 3 aliphatic rings. The van der Waals surface area contributed by atoms with Gasteiger partial charge in [0.2, 0.25) is 5.91 Å². The van der Waals surface area contributed by atoms with E-state index in [1.165, 1.54) is 25.7 Å². The Morgan fingerprint density at radius 2 is 2.12 bits per heavy atom. The largest absolute Gasteiger partial charge is 0.497 e. The Balaban J connectivity index is 1.64. The number of nitrogens with zero attached hydrogens (tertiary/aromatic N) is 3. The maximum Gasteiger partial charge on any atom is 0.229 e. The number of rotatable bonds is 3. The number of benzene rings is 1. The lowest BCUT2D eigenvalue weighted by atomic mass is 9.86. The summed E-state index contributed by atoms with van der Waals surface area (Å²) in [4.78, 5) is 17.1. The molecule has 1 saturated carbocycles. The number of nitriles is 1. The molecule has 5 nitrogen and oxygen atoms in total. The average Bonchev–Trinajstić information content (AvgIpc) is 3.22. The van der Waals surface area contributed by atoms with Crippen molar-refractivity contribution in [2.24, 2.45) is 0 Å². The van der Waals surface area contributed by atoms with E-state index in [-0.39, 0.29) is 11.8 Å². The molecule has 6 heteroatoms. The molecule has 26 heavy (non-hydrogen) atoms. The van der Waals surface area contributed by atoms with Crippen LogP contribution in [0, 0.1) is 11.3 Å². The summed E-state index contributed by atoms with van der Waals surface area (Å²) < 4.78 is 5.31. The molecule has 1 amide bonds. The summed E-state index contributed by atoms with van der Waals surface area (Å²) in [7, 11) is 1.63. The number of carbonyl (C=O) groups excluding carboxylic acids is 1. The quantitative estimate of drug-likeness (QED) is 0.814. The van der Waals surface area contributed by atoms with Crippen molar-refractivity contribution in [2.45, 2.75) is 44.1 Å². The van der Waals surface area contributed by atoms with Crippen molar-refractivity contribution >= 4 is 17.7 Å². The summed E-state index contributed by atoms with van der Waals surface area (Å²) >= 11 is 1.64. The van der Waals surface area contributed by atoms with E-state index in [2.05, 4.69) is 11.0 Å². The molecule has 0 unspecified atom stereocenters. The molecule has 1 aromatic rings. The number of amides is 1. The Morgan fingerprint density at radius 1 is 1.31 bits per heavy atom. The number of hydrogen-bond donors (Lipinski definition) is 0. The number of hydrogen-bond acceptors (Lipinski definition) is 5. The molecule has 0 spiro atoms. The smallest absolute Gasteiger partial charge is 0.229 e. The minimum Gasteiger partial charge on any atom is -0.497 e. The highest BCUT2D eigenvalue weighted by Crippen LogP contribution is 2.44. The van der Waals surface area contributed by atoms with E-state index in [4.69, 9.17) is 4.74 Å². The summed E-state index contributed by atoms with van der Waals surface area (Å²) in [5.74, 6) is 1.55. The standard InChI is InChI=1S/C20H23N3O2S/c1-25-16-8-4-5-14(9-16)17-10-19(24)23-12-22(15-6-2-3-7-15)13-26-20(23)18(17)11-21/h4-5,8-9,15,17H,2-3,6-7,10,12-13H2,1H3/t17-/m1/s1. The molecule has 2 fully saturated rings. The van der Waals surface area contributed by atoms with Crippen LogP contribution in [0.5, 0.6) is 5.75 Å². The van der Waals surface area contributed by atoms with Gasteiger partial charge in [-0.05, 0) is 30.5 Å². The Labute approximate surface area is 158 Å². The molecule has 2 heterocycles. The van der Waals surface area contributed by atoms with E-state index in [9.17, 15) is 10.1 Å². The minimum absolute atomic E-state index is 0.113. The molecule has 0 aromatic heterocycles. The molecular formula is C20H23N3O2S. The number of methoxy groups -OCH3 is 1. The monoisotopic (exact) mass is 369 g/mol. The number of ether oxygens (including phenoxy) is 1. The van der Waals surface area contributed by atoms with Gasteiger partial charge in [0.05, 0.1) is 36.3 Å². The third-order valence-electron chi connectivity index (χ3n) is 5.65. The molecule has 136 valence electrons. The molecule has 1 aromatic carbocycles. The zero-order chi connectivity index (χ0) is 18.1. The van der Waals surface area contributed by atoms with Crippen molar-refractivity contribution in [2.75, 3.05) is 19.7 Å². The van der Waals surface area contributed by atoms with Gasteiger partial charge in [-0.3, -0.25) is 14.6 Å². The summed E-state index contributed by atoms with van der Waals surface area (Å²) in [6, 6.07) is 10.7. The molecule has 0 bridgehead atoms. The van der Waals surface area contributed by atoms with Crippen LogP contribution in [0.1, 0.15) is 43.6 Å². The van der Waals surface area contributed by atoms with E-state index in [1.54, 1.807) is 18.9 Å². The lowest BCUT2D eigenvalue weighted by molar-refractivity contribution is -0.132. The second kappa shape index (κ2) is 7.34. The van der Waals surface area contributed by atoms with E-state index in [1.807, 2.05) is 29.2 Å². The van der Waals surface area contributed by atoms with Gasteiger partial charge in [-0.15, -0.1) is 0 Å². The fourth-order valence-corrected chi connectivity index (χ4v) is 5.46. The van der Waals surface area contributed by atoms with Gasteiger partial charge >= 0.3 is 0 Å². The Kier molecular flexibility index (Phi) is 4.92. The van der Waals surface area contributed by atoms with Gasteiger partial charge in [-0.2, -0.15) is 5.26 Å². The number of allylic oxidation sites excluding steroid dienone is 1. The minimum atomic E-state index is -0.181. The fourth-order valence-electron chi connectivity index (χ4n) is 4.22. The lowest BCUT2D eigenvalue weighted by Crippen LogP contribution is -2.50. The second-order valence-corrected chi connectivity index (χ2v) is 8.06. The SMILES string of the molecule is COc1cccc([C@H]2CC(=O)N3CN(C4CCCC4)CSC3=C2C#N)c1. The van der Waals surface area contributed by atoms with Gasteiger partial charge < -0.3 is 4.74 Å². The predicted molar refractivity (Wildman–Crippen MR) is 101 cm³/mol. The van der Waals surface area contributed by atoms with E-state index >= 15 is 0 Å². The van der Waals surface area contributed by atoms with Crippen molar-refractivity contribution < 1.29 is 9.53 Å². The van der Waals surface area contributed by atoms with Gasteiger partial charge in [0.15, 0.2) is 0 Å². The molecule has 2 aliphatic heterocycles. The van der Waals surface area contributed by atoms with Crippen LogP contribution in [0.2, 0.25) is 0 Å². The topological polar surface area (TPSA) is 56.6 Å². The first-order valence-corrected chi connectivity index (χ1v) is 10.1. The highest BCUT2D eigenvalue weighted by molar-refractivity contribution is 8.03. The molecule has 4 rings (SSSR count). The summed E-state index contributed by atoms with van der Waals surface area (Å²) in [6.07, 6.45) is 5.35. The third kappa shape index (κ3) is 3.10. The summed E-state index contributed by atoms with van der Waals surface area (Å²) in [6.45, 7) is 0.627. The van der Waals surface area contributed by atoms with Crippen molar-refractivity contribution in [1.82, 2.24) is 9.80 Å². The Morgan fingerprint density at radius 3 is 2.85 bits per heavy atom. The van der Waals surface area contributed by atoms with Gasteiger partial charge in [0.1, 0.15) is 5.75 Å². The zero-order valence-corrected chi connectivity index (χ0v) is 15.8. The van der Waals surface area contributed by atoms with Gasteiger partial charge in [-0.1, -0.05) is 36.7 Å². The van der Waals surface area contributed by atoms with Crippen molar-refractivity contribution in [3.05, 3.63) is 40.4 Å². The molecular weight excluding hydrogens is 346 g/mol. The van der Waals surface area contributed by atoms with E-state index in [0.717, 1.165) is 22.2 Å². The normalized spacial score (nSPS) is 24.5. The van der Waals surface area contributed by atoms with Crippen LogP contribution in [-0.4, -0.2) is 41.4 Å². The number of fused-ring (bicyclic) bond motifs is 1. The highest BCUT2D eigenvalue weighted by atomic mass is 32.2. The molecule has 0 radical (unpaired) electrons. The summed E-state index contributed by atoms with van der Waals surface area (Å²) in [5.41, 5.74) is 1.69. The Bertz CT molecular complexity index is 780. The van der Waals surface area contributed by atoms with Crippen LogP contribution in [-0.2, 0) is 4.79 Å². The van der Waals surface area contributed by atoms with Crippen molar-refractivity contribution in [3.63, 3.8) is 0 Å².